The van der Waals surface area contributed by atoms with Gasteiger partial charge in [-0.25, -0.2) is 4.98 Å². The molecule has 5 heteroatoms. The van der Waals surface area contributed by atoms with Crippen molar-refractivity contribution >= 4 is 22.7 Å². The van der Waals surface area contributed by atoms with E-state index in [1.807, 2.05) is 24.3 Å². The molecule has 1 aliphatic heterocycles. The van der Waals surface area contributed by atoms with Crippen LogP contribution in [0.1, 0.15) is 20.3 Å². The molecule has 0 amide bonds. The first kappa shape index (κ1) is 13.1. The highest BCUT2D eigenvalue weighted by atomic mass is 16.5. The molecule has 1 aromatic carbocycles. The van der Waals surface area contributed by atoms with Crippen molar-refractivity contribution in [3.05, 3.63) is 24.3 Å². The van der Waals surface area contributed by atoms with Crippen molar-refractivity contribution < 1.29 is 4.74 Å². The highest BCUT2D eigenvalue weighted by Gasteiger charge is 2.31. The monoisotopic (exact) mass is 272 g/mol. The molecule has 3 rings (SSSR count). The number of rotatable bonds is 2. The summed E-state index contributed by atoms with van der Waals surface area (Å²) in [4.78, 5) is 11.3. The normalized spacial score (nSPS) is 23.2. The Morgan fingerprint density at radius 3 is 2.95 bits per heavy atom. The number of nitrogens with zero attached hydrogens (tertiary/aromatic N) is 3. The van der Waals surface area contributed by atoms with Crippen LogP contribution >= 0.6 is 0 Å². The lowest BCUT2D eigenvalue weighted by Crippen LogP contribution is -2.50. The molecule has 1 aromatic heterocycles. The predicted molar refractivity (Wildman–Crippen MR) is 80.8 cm³/mol. The Morgan fingerprint density at radius 1 is 1.35 bits per heavy atom. The Balaban J connectivity index is 1.98. The maximum atomic E-state index is 6.05. The van der Waals surface area contributed by atoms with Gasteiger partial charge in [0.15, 0.2) is 0 Å². The van der Waals surface area contributed by atoms with Gasteiger partial charge < -0.3 is 15.4 Å². The van der Waals surface area contributed by atoms with Crippen LogP contribution in [0.3, 0.4) is 0 Å². The standard InChI is InChI=1S/C15H20N4O/c1-3-15(2)10-19(8-9-20-15)14-17-12-7-5-4-6-11(12)13(16)18-14/h4-7H,3,8-10H2,1-2H3,(H2,16,17,18). The van der Waals surface area contributed by atoms with Crippen LogP contribution in [0.25, 0.3) is 10.9 Å². The number of morpholine rings is 1. The minimum atomic E-state index is -0.137. The smallest absolute Gasteiger partial charge is 0.228 e. The van der Waals surface area contributed by atoms with Gasteiger partial charge in [-0.1, -0.05) is 19.1 Å². The average molecular weight is 272 g/mol. The molecule has 0 bridgehead atoms. The predicted octanol–water partition coefficient (Wildman–Crippen LogP) is 2.22. The molecular formula is C15H20N4O. The first-order valence-electron chi connectivity index (χ1n) is 7.02. The zero-order valence-corrected chi connectivity index (χ0v) is 12.0. The third-order valence-electron chi connectivity index (χ3n) is 3.99. The molecule has 1 aliphatic rings. The van der Waals surface area contributed by atoms with Gasteiger partial charge in [-0.2, -0.15) is 4.98 Å². The van der Waals surface area contributed by atoms with Crippen molar-refractivity contribution in [3.63, 3.8) is 0 Å². The van der Waals surface area contributed by atoms with Gasteiger partial charge in [-0.3, -0.25) is 0 Å². The molecule has 0 aliphatic carbocycles. The van der Waals surface area contributed by atoms with E-state index in [0.29, 0.717) is 18.4 Å². The fraction of sp³-hybridized carbons (Fsp3) is 0.467. The topological polar surface area (TPSA) is 64.3 Å². The van der Waals surface area contributed by atoms with Gasteiger partial charge in [-0.15, -0.1) is 0 Å². The summed E-state index contributed by atoms with van der Waals surface area (Å²) in [7, 11) is 0. The Bertz CT molecular complexity index is 630. The average Bonchev–Trinajstić information content (AvgIpc) is 2.47. The van der Waals surface area contributed by atoms with Crippen molar-refractivity contribution in [2.45, 2.75) is 25.9 Å². The van der Waals surface area contributed by atoms with Crippen LogP contribution in [0.5, 0.6) is 0 Å². The summed E-state index contributed by atoms with van der Waals surface area (Å²) < 4.78 is 5.86. The summed E-state index contributed by atoms with van der Waals surface area (Å²) >= 11 is 0. The lowest BCUT2D eigenvalue weighted by atomic mass is 10.0. The Kier molecular flexibility index (Phi) is 3.22. The second kappa shape index (κ2) is 4.90. The quantitative estimate of drug-likeness (QED) is 0.908. The Labute approximate surface area is 118 Å². The molecule has 0 spiro atoms. The second-order valence-corrected chi connectivity index (χ2v) is 5.50. The number of anilines is 2. The molecule has 106 valence electrons. The molecule has 2 N–H and O–H groups in total. The SMILES string of the molecule is CCC1(C)CN(c2nc(N)c3ccccc3n2)CCO1. The van der Waals surface area contributed by atoms with Crippen molar-refractivity contribution in [2.24, 2.45) is 0 Å². The van der Waals surface area contributed by atoms with Gasteiger partial charge in [0.1, 0.15) is 5.82 Å². The number of ether oxygens (including phenoxy) is 1. The molecule has 0 saturated carbocycles. The van der Waals surface area contributed by atoms with Crippen LogP contribution < -0.4 is 10.6 Å². The lowest BCUT2D eigenvalue weighted by molar-refractivity contribution is -0.0445. The molecule has 2 aromatic rings. The number of nitrogen functional groups attached to an aromatic ring is 1. The molecule has 5 nitrogen and oxygen atoms in total. The van der Waals surface area contributed by atoms with E-state index in [1.165, 1.54) is 0 Å². The van der Waals surface area contributed by atoms with E-state index >= 15 is 0 Å². The van der Waals surface area contributed by atoms with Crippen molar-refractivity contribution in [2.75, 3.05) is 30.3 Å². The molecule has 1 saturated heterocycles. The maximum Gasteiger partial charge on any atom is 0.228 e. The third-order valence-corrected chi connectivity index (χ3v) is 3.99. The summed E-state index contributed by atoms with van der Waals surface area (Å²) in [6, 6.07) is 7.83. The molecular weight excluding hydrogens is 252 g/mol. The van der Waals surface area contributed by atoms with E-state index in [9.17, 15) is 0 Å². The van der Waals surface area contributed by atoms with E-state index in [2.05, 4.69) is 28.7 Å². The van der Waals surface area contributed by atoms with E-state index in [4.69, 9.17) is 10.5 Å². The highest BCUT2D eigenvalue weighted by molar-refractivity contribution is 5.88. The van der Waals surface area contributed by atoms with E-state index in [-0.39, 0.29) is 5.60 Å². The number of hydrogen-bond donors (Lipinski definition) is 1. The van der Waals surface area contributed by atoms with Crippen molar-refractivity contribution in [3.8, 4) is 0 Å². The zero-order chi connectivity index (χ0) is 14.2. The van der Waals surface area contributed by atoms with Crippen LogP contribution in [0.15, 0.2) is 24.3 Å². The third kappa shape index (κ3) is 2.29. The van der Waals surface area contributed by atoms with Gasteiger partial charge in [0.05, 0.1) is 17.7 Å². The Morgan fingerprint density at radius 2 is 2.15 bits per heavy atom. The van der Waals surface area contributed by atoms with Gasteiger partial charge in [-0.05, 0) is 25.5 Å². The molecule has 1 atom stereocenters. The molecule has 1 fully saturated rings. The van der Waals surface area contributed by atoms with E-state index < -0.39 is 0 Å². The minimum Gasteiger partial charge on any atom is -0.383 e. The summed E-state index contributed by atoms with van der Waals surface area (Å²) in [5, 5.41) is 0.905. The number of aromatic nitrogens is 2. The fourth-order valence-electron chi connectivity index (χ4n) is 2.55. The van der Waals surface area contributed by atoms with Crippen LogP contribution in [-0.4, -0.2) is 35.3 Å². The number of fused-ring (bicyclic) bond motifs is 1. The van der Waals surface area contributed by atoms with E-state index in [1.54, 1.807) is 0 Å². The van der Waals surface area contributed by atoms with Gasteiger partial charge >= 0.3 is 0 Å². The lowest BCUT2D eigenvalue weighted by Gasteiger charge is -2.40. The maximum absolute atomic E-state index is 6.05. The van der Waals surface area contributed by atoms with Crippen LogP contribution in [0, 0.1) is 0 Å². The van der Waals surface area contributed by atoms with Crippen LogP contribution in [-0.2, 0) is 4.74 Å². The van der Waals surface area contributed by atoms with Crippen LogP contribution in [0.4, 0.5) is 11.8 Å². The molecule has 1 unspecified atom stereocenters. The fourth-order valence-corrected chi connectivity index (χ4v) is 2.55. The molecule has 0 radical (unpaired) electrons. The summed E-state index contributed by atoms with van der Waals surface area (Å²) in [5.74, 6) is 1.24. The van der Waals surface area contributed by atoms with Crippen molar-refractivity contribution in [1.82, 2.24) is 9.97 Å². The highest BCUT2D eigenvalue weighted by Crippen LogP contribution is 2.26. The number of para-hydroxylation sites is 1. The number of benzene rings is 1. The number of hydrogen-bond acceptors (Lipinski definition) is 5. The summed E-state index contributed by atoms with van der Waals surface area (Å²) in [5.41, 5.74) is 6.81. The van der Waals surface area contributed by atoms with E-state index in [0.717, 1.165) is 30.4 Å². The Hall–Kier alpha value is -1.88. The first-order chi connectivity index (χ1) is 9.61. The second-order valence-electron chi connectivity index (χ2n) is 5.50. The summed E-state index contributed by atoms with van der Waals surface area (Å²) in [6.07, 6.45) is 0.965. The van der Waals surface area contributed by atoms with Gasteiger partial charge in [0.25, 0.3) is 0 Å². The van der Waals surface area contributed by atoms with Gasteiger partial charge in [0.2, 0.25) is 5.95 Å². The number of nitrogens with two attached hydrogens (primary N) is 1. The van der Waals surface area contributed by atoms with Gasteiger partial charge in [0, 0.05) is 18.5 Å². The minimum absolute atomic E-state index is 0.137. The first-order valence-corrected chi connectivity index (χ1v) is 7.02. The van der Waals surface area contributed by atoms with Crippen LogP contribution in [0.2, 0.25) is 0 Å². The molecule has 2 heterocycles. The van der Waals surface area contributed by atoms with Crippen molar-refractivity contribution in [1.29, 1.82) is 0 Å². The molecule has 20 heavy (non-hydrogen) atoms. The largest absolute Gasteiger partial charge is 0.383 e. The summed E-state index contributed by atoms with van der Waals surface area (Å²) in [6.45, 7) is 6.55. The zero-order valence-electron chi connectivity index (χ0n) is 12.0.